The molecule has 0 amide bonds. The van der Waals surface area contributed by atoms with Gasteiger partial charge in [-0.15, -0.1) is 0 Å². The van der Waals surface area contributed by atoms with Crippen LogP contribution in [0, 0.1) is 0 Å². The second kappa shape index (κ2) is 11.2. The van der Waals surface area contributed by atoms with Crippen molar-refractivity contribution >= 4 is 82.9 Å². The zero-order chi connectivity index (χ0) is 34.2. The third kappa shape index (κ3) is 4.41. The minimum absolute atomic E-state index is 0.848. The molecule has 0 radical (unpaired) electrons. The lowest BCUT2D eigenvalue weighted by Gasteiger charge is -2.25. The van der Waals surface area contributed by atoms with Gasteiger partial charge < -0.3 is 18.2 Å². The maximum atomic E-state index is 6.66. The van der Waals surface area contributed by atoms with Crippen LogP contribution in [-0.2, 0) is 0 Å². The van der Waals surface area contributed by atoms with Crippen LogP contribution in [0.4, 0.5) is 17.1 Å². The van der Waals surface area contributed by atoms with Gasteiger partial charge in [0, 0.05) is 60.5 Å². The Bertz CT molecular complexity index is 3090. The van der Waals surface area contributed by atoms with Crippen molar-refractivity contribution in [2.45, 2.75) is 0 Å². The predicted molar refractivity (Wildman–Crippen MR) is 214 cm³/mol. The summed E-state index contributed by atoms with van der Waals surface area (Å²) < 4.78 is 19.4. The molecule has 3 heterocycles. The van der Waals surface area contributed by atoms with E-state index in [1.807, 2.05) is 24.3 Å². The first-order valence-corrected chi connectivity index (χ1v) is 17.5. The average Bonchev–Trinajstić information content (AvgIpc) is 3.89. The van der Waals surface area contributed by atoms with E-state index in [-0.39, 0.29) is 0 Å². The molecule has 0 aliphatic heterocycles. The van der Waals surface area contributed by atoms with Crippen LogP contribution in [0.2, 0.25) is 0 Å². The van der Waals surface area contributed by atoms with Crippen molar-refractivity contribution in [3.05, 3.63) is 176 Å². The lowest BCUT2D eigenvalue weighted by atomic mass is 9.98. The van der Waals surface area contributed by atoms with E-state index >= 15 is 0 Å². The molecule has 0 saturated carbocycles. The highest BCUT2D eigenvalue weighted by Gasteiger charge is 2.19. The van der Waals surface area contributed by atoms with Crippen LogP contribution < -0.4 is 4.90 Å². The molecule has 0 aliphatic carbocycles. The van der Waals surface area contributed by atoms with Gasteiger partial charge in [0.2, 0.25) is 0 Å². The second-order valence-corrected chi connectivity index (χ2v) is 13.3. The van der Waals surface area contributed by atoms with Crippen molar-refractivity contribution in [3.63, 3.8) is 0 Å². The molecule has 11 rings (SSSR count). The van der Waals surface area contributed by atoms with Crippen molar-refractivity contribution in [2.75, 3.05) is 4.90 Å². The van der Waals surface area contributed by atoms with E-state index in [2.05, 4.69) is 157 Å². The Morgan fingerprint density at radius 1 is 0.288 bits per heavy atom. The number of hydrogen-bond acceptors (Lipinski definition) is 4. The molecule has 11 aromatic rings. The van der Waals surface area contributed by atoms with E-state index in [1.165, 1.54) is 0 Å². The lowest BCUT2D eigenvalue weighted by Crippen LogP contribution is -2.09. The molecule has 244 valence electrons. The van der Waals surface area contributed by atoms with Gasteiger partial charge in [-0.25, -0.2) is 0 Å². The van der Waals surface area contributed by atoms with Gasteiger partial charge in [-0.3, -0.25) is 0 Å². The summed E-state index contributed by atoms with van der Waals surface area (Å²) in [5.41, 5.74) is 12.7. The molecule has 0 saturated heterocycles. The van der Waals surface area contributed by atoms with Crippen molar-refractivity contribution < 1.29 is 13.3 Å². The van der Waals surface area contributed by atoms with Gasteiger partial charge in [0.15, 0.2) is 0 Å². The van der Waals surface area contributed by atoms with E-state index in [9.17, 15) is 0 Å². The molecule has 0 unspecified atom stereocenters. The lowest BCUT2D eigenvalue weighted by molar-refractivity contribution is 0.668. The Morgan fingerprint density at radius 3 is 1.37 bits per heavy atom. The van der Waals surface area contributed by atoms with Crippen molar-refractivity contribution in [2.24, 2.45) is 0 Å². The molecule has 52 heavy (non-hydrogen) atoms. The number of anilines is 3. The molecule has 0 bridgehead atoms. The van der Waals surface area contributed by atoms with Gasteiger partial charge in [-0.05, 0) is 83.9 Å². The number of fused-ring (bicyclic) bond motifs is 9. The van der Waals surface area contributed by atoms with Crippen molar-refractivity contribution in [1.29, 1.82) is 0 Å². The summed E-state index contributed by atoms with van der Waals surface area (Å²) in [6.45, 7) is 0. The average molecular weight is 668 g/mol. The molecule has 0 spiro atoms. The first-order chi connectivity index (χ1) is 25.8. The maximum absolute atomic E-state index is 6.66. The second-order valence-electron chi connectivity index (χ2n) is 13.3. The Balaban J connectivity index is 1.04. The van der Waals surface area contributed by atoms with E-state index in [4.69, 9.17) is 13.3 Å². The van der Waals surface area contributed by atoms with Gasteiger partial charge in [-0.2, -0.15) is 0 Å². The number of para-hydroxylation sites is 5. The zero-order valence-electron chi connectivity index (χ0n) is 27.9. The van der Waals surface area contributed by atoms with E-state index in [0.717, 1.165) is 105 Å². The summed E-state index contributed by atoms with van der Waals surface area (Å²) in [6.07, 6.45) is 0. The SMILES string of the molecule is c1ccc(N(c2ccccc2)c2ccc3oc4c(-c5ccc6oc7ccc(-c8cccc9c8oc8ccccc89)cc7c6c5)cccc4c3c2)cc1. The quantitative estimate of drug-likeness (QED) is 0.183. The van der Waals surface area contributed by atoms with Crippen LogP contribution in [0.1, 0.15) is 0 Å². The standard InChI is InChI=1S/C48H29NO3/c1-3-11-32(12-4-1)49(33-13-5-2-6-14-33)34-23-26-46-42(29-34)39-19-10-17-36(48(39)52-46)31-22-25-45-41(28-31)40-27-30(21-24-44(40)50-45)35-16-9-18-38-37-15-7-8-20-43(37)51-47(35)38/h1-29H. The van der Waals surface area contributed by atoms with Crippen LogP contribution >= 0.6 is 0 Å². The first kappa shape index (κ1) is 28.8. The van der Waals surface area contributed by atoms with E-state index in [1.54, 1.807) is 0 Å². The molecule has 4 nitrogen and oxygen atoms in total. The molecule has 4 heteroatoms. The molecule has 0 aliphatic rings. The summed E-state index contributed by atoms with van der Waals surface area (Å²) in [5, 5.41) is 6.51. The zero-order valence-corrected chi connectivity index (χ0v) is 27.9. The normalized spacial score (nSPS) is 11.8. The minimum atomic E-state index is 0.848. The number of furan rings is 3. The van der Waals surface area contributed by atoms with Crippen LogP contribution in [0.15, 0.2) is 189 Å². The summed E-state index contributed by atoms with van der Waals surface area (Å²) in [6, 6.07) is 61.2. The third-order valence-electron chi connectivity index (χ3n) is 10.3. The molecular weight excluding hydrogens is 639 g/mol. The number of hydrogen-bond donors (Lipinski definition) is 0. The number of benzene rings is 8. The number of rotatable bonds is 5. The Morgan fingerprint density at radius 2 is 0.750 bits per heavy atom. The monoisotopic (exact) mass is 667 g/mol. The van der Waals surface area contributed by atoms with Gasteiger partial charge in [0.25, 0.3) is 0 Å². The summed E-state index contributed by atoms with van der Waals surface area (Å²) in [7, 11) is 0. The van der Waals surface area contributed by atoms with Crippen molar-refractivity contribution in [1.82, 2.24) is 0 Å². The van der Waals surface area contributed by atoms with Crippen molar-refractivity contribution in [3.8, 4) is 22.3 Å². The first-order valence-electron chi connectivity index (χ1n) is 17.5. The largest absolute Gasteiger partial charge is 0.456 e. The number of nitrogens with zero attached hydrogens (tertiary/aromatic N) is 1. The van der Waals surface area contributed by atoms with Crippen LogP contribution in [0.25, 0.3) is 88.1 Å². The minimum Gasteiger partial charge on any atom is -0.456 e. The molecule has 0 N–H and O–H groups in total. The summed E-state index contributed by atoms with van der Waals surface area (Å²) in [4.78, 5) is 2.28. The fourth-order valence-electron chi connectivity index (χ4n) is 7.84. The molecule has 3 aromatic heterocycles. The van der Waals surface area contributed by atoms with Gasteiger partial charge in [-0.1, -0.05) is 103 Å². The molecule has 0 fully saturated rings. The molecule has 8 aromatic carbocycles. The van der Waals surface area contributed by atoms with Crippen LogP contribution in [-0.4, -0.2) is 0 Å². The highest BCUT2D eigenvalue weighted by molar-refractivity contribution is 6.14. The fraction of sp³-hybridized carbons (Fsp3) is 0. The van der Waals surface area contributed by atoms with E-state index < -0.39 is 0 Å². The molecular formula is C48H29NO3. The Labute approximate surface area is 298 Å². The van der Waals surface area contributed by atoms with Gasteiger partial charge >= 0.3 is 0 Å². The maximum Gasteiger partial charge on any atom is 0.143 e. The fourth-order valence-corrected chi connectivity index (χ4v) is 7.84. The Hall–Kier alpha value is -7.04. The highest BCUT2D eigenvalue weighted by Crippen LogP contribution is 2.43. The van der Waals surface area contributed by atoms with E-state index in [0.29, 0.717) is 0 Å². The third-order valence-corrected chi connectivity index (χ3v) is 10.3. The predicted octanol–water partition coefficient (Wildman–Crippen LogP) is 14.2. The van der Waals surface area contributed by atoms with Crippen LogP contribution in [0.3, 0.4) is 0 Å². The van der Waals surface area contributed by atoms with Crippen LogP contribution in [0.5, 0.6) is 0 Å². The smallest absolute Gasteiger partial charge is 0.143 e. The highest BCUT2D eigenvalue weighted by atomic mass is 16.3. The summed E-state index contributed by atoms with van der Waals surface area (Å²) >= 11 is 0. The van der Waals surface area contributed by atoms with Gasteiger partial charge in [0.05, 0.1) is 0 Å². The van der Waals surface area contributed by atoms with Gasteiger partial charge in [0.1, 0.15) is 33.5 Å². The molecule has 0 atom stereocenters. The topological polar surface area (TPSA) is 42.7 Å². The Kier molecular flexibility index (Phi) is 6.22. The summed E-state index contributed by atoms with van der Waals surface area (Å²) in [5.74, 6) is 0.